The summed E-state index contributed by atoms with van der Waals surface area (Å²) in [5.74, 6) is 2.83. The van der Waals surface area contributed by atoms with Gasteiger partial charge in [-0.1, -0.05) is 127 Å². The standard InChI is InChI=1S/C50H32O2/c1-3-9-33-31(7-1)37-13-5-11-35-29(17-19-39(33)49(35)37)27-15-21-45-41(23-27)43-25-44-42-24-28(16-22-46(42)52-48(44)26-47(43)51-45)30-18-20-40-34-10-4-2-8-32(34)38-14-6-12-36(30)50(38)40/h1-23,25-26,28,36,39,49-50H,24H2. The van der Waals surface area contributed by atoms with Crippen LogP contribution in [0.2, 0.25) is 0 Å². The molecule has 0 bridgehead atoms. The van der Waals surface area contributed by atoms with Gasteiger partial charge in [0.25, 0.3) is 0 Å². The van der Waals surface area contributed by atoms with Crippen LogP contribution < -0.4 is 0 Å². The van der Waals surface area contributed by atoms with Gasteiger partial charge in [0.15, 0.2) is 0 Å². The lowest BCUT2D eigenvalue weighted by atomic mass is 9.68. The molecule has 2 heteroatoms. The van der Waals surface area contributed by atoms with E-state index in [0.29, 0.717) is 29.6 Å². The third-order valence-corrected chi connectivity index (χ3v) is 13.1. The van der Waals surface area contributed by atoms with Gasteiger partial charge in [0.1, 0.15) is 22.5 Å². The Morgan fingerprint density at radius 2 is 1.33 bits per heavy atom. The van der Waals surface area contributed by atoms with Crippen molar-refractivity contribution < 1.29 is 8.83 Å². The van der Waals surface area contributed by atoms with E-state index in [2.05, 4.69) is 152 Å². The Hall–Kier alpha value is -6.12. The van der Waals surface area contributed by atoms with E-state index in [9.17, 15) is 0 Å². The second-order valence-electron chi connectivity index (χ2n) is 15.4. The first-order valence-electron chi connectivity index (χ1n) is 18.7. The highest BCUT2D eigenvalue weighted by Gasteiger charge is 2.42. The third kappa shape index (κ3) is 3.50. The molecule has 2 nitrogen and oxygen atoms in total. The predicted octanol–water partition coefficient (Wildman–Crippen LogP) is 12.4. The number of benzene rings is 4. The fourth-order valence-corrected chi connectivity index (χ4v) is 10.8. The first-order chi connectivity index (χ1) is 25.8. The molecule has 2 aromatic heterocycles. The van der Waals surface area contributed by atoms with Crippen molar-refractivity contribution in [3.05, 3.63) is 196 Å². The molecule has 0 radical (unpaired) electrons. The summed E-state index contributed by atoms with van der Waals surface area (Å²) in [7, 11) is 0. The fourth-order valence-electron chi connectivity index (χ4n) is 10.8. The highest BCUT2D eigenvalue weighted by Crippen LogP contribution is 2.57. The van der Waals surface area contributed by atoms with Gasteiger partial charge in [0.2, 0.25) is 0 Å². The summed E-state index contributed by atoms with van der Waals surface area (Å²) in [4.78, 5) is 0. The van der Waals surface area contributed by atoms with Crippen LogP contribution in [0.5, 0.6) is 0 Å². The average molecular weight is 665 g/mol. The zero-order valence-corrected chi connectivity index (χ0v) is 28.3. The Kier molecular flexibility index (Phi) is 5.20. The SMILES string of the molecule is C1=CC2=C(c3ccc4oc5cc6oc7c(c6cc5c4c3)CC(C3=CC=C4c5ccccc5C5=CC=CC3C54)C=C7)C=CC3c4ccccc4C(=C1)C23. The van der Waals surface area contributed by atoms with Gasteiger partial charge in [-0.05, 0) is 86.4 Å². The minimum atomic E-state index is 0.312. The van der Waals surface area contributed by atoms with Gasteiger partial charge in [-0.25, -0.2) is 0 Å². The maximum Gasteiger partial charge on any atom is 0.139 e. The molecule has 4 aromatic carbocycles. The Morgan fingerprint density at radius 3 is 2.25 bits per heavy atom. The lowest BCUT2D eigenvalue weighted by Gasteiger charge is -2.35. The van der Waals surface area contributed by atoms with Gasteiger partial charge in [0, 0.05) is 57.4 Å². The molecule has 0 aliphatic heterocycles. The van der Waals surface area contributed by atoms with Gasteiger partial charge in [-0.3, -0.25) is 0 Å². The summed E-state index contributed by atoms with van der Waals surface area (Å²) in [6, 6.07) is 29.0. The lowest BCUT2D eigenvalue weighted by Crippen LogP contribution is -2.24. The molecule has 0 amide bonds. The summed E-state index contributed by atoms with van der Waals surface area (Å²) >= 11 is 0. The number of hydrogen-bond donors (Lipinski definition) is 0. The Labute approximate surface area is 301 Å². The van der Waals surface area contributed by atoms with Crippen molar-refractivity contribution in [2.45, 2.75) is 12.3 Å². The first kappa shape index (κ1) is 27.6. The molecule has 5 unspecified atom stereocenters. The molecule has 5 atom stereocenters. The van der Waals surface area contributed by atoms with E-state index in [4.69, 9.17) is 8.83 Å². The van der Waals surface area contributed by atoms with E-state index in [1.807, 2.05) is 0 Å². The van der Waals surface area contributed by atoms with Crippen LogP contribution in [0.4, 0.5) is 0 Å². The summed E-state index contributed by atoms with van der Waals surface area (Å²) in [6.45, 7) is 0. The third-order valence-electron chi connectivity index (χ3n) is 13.1. The second-order valence-corrected chi connectivity index (χ2v) is 15.4. The Bertz CT molecular complexity index is 2950. The Balaban J connectivity index is 0.893. The summed E-state index contributed by atoms with van der Waals surface area (Å²) in [5, 5.41) is 3.50. The molecule has 0 fully saturated rings. The number of allylic oxidation sites excluding steroid dienone is 17. The van der Waals surface area contributed by atoms with Crippen LogP contribution in [0.1, 0.15) is 45.1 Å². The molecular weight excluding hydrogens is 633 g/mol. The van der Waals surface area contributed by atoms with Crippen LogP contribution in [0.3, 0.4) is 0 Å². The number of hydrogen-bond acceptors (Lipinski definition) is 2. The monoisotopic (exact) mass is 664 g/mol. The van der Waals surface area contributed by atoms with Crippen molar-refractivity contribution in [2.24, 2.45) is 23.7 Å². The molecule has 0 spiro atoms. The van der Waals surface area contributed by atoms with E-state index in [1.54, 1.807) is 0 Å². The quantitative estimate of drug-likeness (QED) is 0.184. The minimum Gasteiger partial charge on any atom is -0.456 e. The molecule has 0 N–H and O–H groups in total. The van der Waals surface area contributed by atoms with E-state index in [0.717, 1.165) is 39.7 Å². The predicted molar refractivity (Wildman–Crippen MR) is 212 cm³/mol. The average Bonchev–Trinajstić information content (AvgIpc) is 3.93. The second kappa shape index (κ2) is 9.80. The van der Waals surface area contributed by atoms with Crippen molar-refractivity contribution in [1.29, 1.82) is 0 Å². The molecule has 7 aliphatic carbocycles. The zero-order chi connectivity index (χ0) is 33.7. The zero-order valence-electron chi connectivity index (χ0n) is 28.3. The molecule has 52 heavy (non-hydrogen) atoms. The van der Waals surface area contributed by atoms with E-state index in [-0.39, 0.29) is 0 Å². The van der Waals surface area contributed by atoms with Crippen molar-refractivity contribution >= 4 is 61.3 Å². The van der Waals surface area contributed by atoms with Crippen LogP contribution in [-0.4, -0.2) is 0 Å². The minimum absolute atomic E-state index is 0.312. The first-order valence-corrected chi connectivity index (χ1v) is 18.7. The van der Waals surface area contributed by atoms with Gasteiger partial charge in [-0.15, -0.1) is 0 Å². The van der Waals surface area contributed by atoms with Crippen molar-refractivity contribution in [2.75, 3.05) is 0 Å². The molecule has 0 saturated carbocycles. The maximum absolute atomic E-state index is 6.52. The topological polar surface area (TPSA) is 26.3 Å². The normalized spacial score (nSPS) is 25.5. The van der Waals surface area contributed by atoms with Crippen molar-refractivity contribution in [3.63, 3.8) is 0 Å². The molecular formula is C50H32O2. The molecule has 6 aromatic rings. The number of rotatable bonds is 2. The van der Waals surface area contributed by atoms with Crippen LogP contribution in [0, 0.1) is 23.7 Å². The number of furan rings is 2. The highest BCUT2D eigenvalue weighted by molar-refractivity contribution is 6.11. The van der Waals surface area contributed by atoms with Crippen molar-refractivity contribution in [1.82, 2.24) is 0 Å². The van der Waals surface area contributed by atoms with Gasteiger partial charge in [-0.2, -0.15) is 0 Å². The smallest absolute Gasteiger partial charge is 0.139 e. The fraction of sp³-hybridized carbons (Fsp3) is 0.120. The summed E-state index contributed by atoms with van der Waals surface area (Å²) in [6.07, 6.45) is 29.0. The van der Waals surface area contributed by atoms with Crippen LogP contribution in [0.15, 0.2) is 166 Å². The lowest BCUT2D eigenvalue weighted by molar-refractivity contribution is 0.556. The summed E-state index contributed by atoms with van der Waals surface area (Å²) < 4.78 is 13.0. The summed E-state index contributed by atoms with van der Waals surface area (Å²) in [5.41, 5.74) is 19.4. The molecule has 2 heterocycles. The van der Waals surface area contributed by atoms with E-state index in [1.165, 1.54) is 72.2 Å². The van der Waals surface area contributed by atoms with E-state index < -0.39 is 0 Å². The van der Waals surface area contributed by atoms with Crippen LogP contribution >= 0.6 is 0 Å². The molecule has 0 saturated heterocycles. The Morgan fingerprint density at radius 1 is 0.538 bits per heavy atom. The van der Waals surface area contributed by atoms with E-state index >= 15 is 0 Å². The van der Waals surface area contributed by atoms with Gasteiger partial charge >= 0.3 is 0 Å². The highest BCUT2D eigenvalue weighted by atomic mass is 16.3. The maximum atomic E-state index is 6.52. The number of fused-ring (bicyclic) bond motifs is 12. The van der Waals surface area contributed by atoms with Gasteiger partial charge < -0.3 is 8.83 Å². The molecule has 13 rings (SSSR count). The van der Waals surface area contributed by atoms with Crippen LogP contribution in [0.25, 0.3) is 61.3 Å². The largest absolute Gasteiger partial charge is 0.456 e. The van der Waals surface area contributed by atoms with Gasteiger partial charge in [0.05, 0.1) is 0 Å². The molecule has 7 aliphatic rings. The van der Waals surface area contributed by atoms with Crippen LogP contribution in [-0.2, 0) is 6.42 Å². The molecule has 244 valence electrons. The van der Waals surface area contributed by atoms with Crippen molar-refractivity contribution in [3.8, 4) is 0 Å².